The number of nitrogen functional groups attached to an aromatic ring is 1. The van der Waals surface area contributed by atoms with E-state index in [9.17, 15) is 0 Å². The molecule has 2 saturated heterocycles. The van der Waals surface area contributed by atoms with E-state index < -0.39 is 35.9 Å². The largest absolute Gasteiger partial charge is 0.461 e. The predicted molar refractivity (Wildman–Crippen MR) is 180 cm³/mol. The van der Waals surface area contributed by atoms with E-state index in [1.54, 1.807) is 0 Å². The van der Waals surface area contributed by atoms with Gasteiger partial charge in [0, 0.05) is 0 Å². The average Bonchev–Trinajstić information content (AvgIpc) is 3.75. The second-order valence-corrected chi connectivity index (χ2v) is 13.3. The van der Waals surface area contributed by atoms with E-state index in [0.717, 1.165) is 42.4 Å². The highest BCUT2D eigenvalue weighted by atomic mass is 16.8. The lowest BCUT2D eigenvalue weighted by molar-refractivity contribution is -0.205. The van der Waals surface area contributed by atoms with Crippen LogP contribution in [0.3, 0.4) is 0 Å². The number of ether oxygens (including phenoxy) is 5. The van der Waals surface area contributed by atoms with Crippen molar-refractivity contribution in [3.63, 3.8) is 0 Å². The first kappa shape index (κ1) is 31.0. The van der Waals surface area contributed by atoms with Crippen LogP contribution in [0.2, 0.25) is 0 Å². The van der Waals surface area contributed by atoms with Crippen LogP contribution in [0.5, 0.6) is 6.01 Å². The highest BCUT2D eigenvalue weighted by Crippen LogP contribution is 2.47. The zero-order valence-corrected chi connectivity index (χ0v) is 27.3. The molecule has 248 valence electrons. The number of hydrogen-bond donors (Lipinski definition) is 1. The molecule has 48 heavy (non-hydrogen) atoms. The summed E-state index contributed by atoms with van der Waals surface area (Å²) in [5, 5.41) is 0. The molecular weight excluding hydrogens is 606 g/mol. The molecule has 0 radical (unpaired) electrons. The van der Waals surface area contributed by atoms with Gasteiger partial charge in [-0.05, 0) is 56.2 Å². The number of fused-ring (bicyclic) bond motifs is 2. The Kier molecular flexibility index (Phi) is 8.12. The summed E-state index contributed by atoms with van der Waals surface area (Å²) in [5.41, 5.74) is 9.41. The molecule has 2 aliphatic heterocycles. The number of hydrogen-bond acceptors (Lipinski definition) is 9. The number of nitrogens with zero attached hydrogens (tertiary/aromatic N) is 4. The molecule has 1 aliphatic carbocycles. The summed E-state index contributed by atoms with van der Waals surface area (Å²) >= 11 is 0. The molecule has 4 atom stereocenters. The Morgan fingerprint density at radius 2 is 1.40 bits per heavy atom. The standard InChI is InChI=1S/C38H41N5O5/c1-37(2)47-31-29(23-44-38(25-15-7-3-8-16-25,26-17-9-4-10-18-26)27-19-11-5-12-20-27)46-35(32(31)48-37)43-34-30(33(39)40-24-41-34)42-36(43)45-28-21-13-6-14-22-28/h3-5,7-12,15-20,24,28-29,31-32,35H,6,13-14,21-23H2,1-2H3,(H2,39,40,41)/t29-,31-,32-,35-/m1/s1. The Hall–Kier alpha value is -4.35. The van der Waals surface area contributed by atoms with Crippen molar-refractivity contribution in [2.45, 2.75) is 88.0 Å². The topological polar surface area (TPSA) is 116 Å². The lowest BCUT2D eigenvalue weighted by atomic mass is 9.80. The third-order valence-electron chi connectivity index (χ3n) is 9.68. The first-order valence-corrected chi connectivity index (χ1v) is 16.9. The van der Waals surface area contributed by atoms with E-state index in [0.29, 0.717) is 17.2 Å². The summed E-state index contributed by atoms with van der Waals surface area (Å²) in [6.07, 6.45) is 4.76. The van der Waals surface area contributed by atoms with Crippen LogP contribution < -0.4 is 10.5 Å². The quantitative estimate of drug-likeness (QED) is 0.178. The van der Waals surface area contributed by atoms with Crippen molar-refractivity contribution in [1.29, 1.82) is 0 Å². The zero-order valence-electron chi connectivity index (χ0n) is 27.3. The van der Waals surface area contributed by atoms with Crippen molar-refractivity contribution < 1.29 is 23.7 Å². The highest BCUT2D eigenvalue weighted by Gasteiger charge is 2.57. The van der Waals surface area contributed by atoms with Crippen LogP contribution in [0.4, 0.5) is 5.82 Å². The molecule has 0 amide bonds. The molecule has 4 heterocycles. The summed E-state index contributed by atoms with van der Waals surface area (Å²) in [6.45, 7) is 4.06. The molecule has 10 nitrogen and oxygen atoms in total. The van der Waals surface area contributed by atoms with Gasteiger partial charge in [0.2, 0.25) is 0 Å². The molecule has 2 aromatic heterocycles. The maximum Gasteiger partial charge on any atom is 0.301 e. The van der Waals surface area contributed by atoms with E-state index in [1.807, 2.05) is 73.0 Å². The zero-order chi connectivity index (χ0) is 32.7. The van der Waals surface area contributed by atoms with Gasteiger partial charge in [-0.15, -0.1) is 0 Å². The SMILES string of the molecule is CC1(C)O[C@@H]2[C@H](O1)[C@@H](COC(c1ccccc1)(c1ccccc1)c1ccccc1)O[C@H]2n1c(OC2CCCCC2)nc2c(N)ncnc21. The van der Waals surface area contributed by atoms with E-state index in [1.165, 1.54) is 12.7 Å². The van der Waals surface area contributed by atoms with E-state index >= 15 is 0 Å². The van der Waals surface area contributed by atoms with Crippen LogP contribution in [-0.2, 0) is 24.5 Å². The summed E-state index contributed by atoms with van der Waals surface area (Å²) in [6, 6.07) is 31.3. The molecule has 10 heteroatoms. The van der Waals surface area contributed by atoms with Gasteiger partial charge in [0.05, 0.1) is 6.61 Å². The van der Waals surface area contributed by atoms with E-state index in [-0.39, 0.29) is 18.5 Å². The third-order valence-corrected chi connectivity index (χ3v) is 9.68. The fourth-order valence-electron chi connectivity index (χ4n) is 7.53. The summed E-state index contributed by atoms with van der Waals surface area (Å²) in [7, 11) is 0. The van der Waals surface area contributed by atoms with Crippen LogP contribution >= 0.6 is 0 Å². The molecule has 8 rings (SSSR count). The van der Waals surface area contributed by atoms with Gasteiger partial charge < -0.3 is 29.4 Å². The lowest BCUT2D eigenvalue weighted by Crippen LogP contribution is -2.39. The third kappa shape index (κ3) is 5.52. The Labute approximate surface area is 280 Å². The fraction of sp³-hybridized carbons (Fsp3) is 0.395. The molecule has 0 spiro atoms. The molecule has 3 fully saturated rings. The number of aromatic nitrogens is 4. The van der Waals surface area contributed by atoms with E-state index in [4.69, 9.17) is 34.4 Å². The van der Waals surface area contributed by atoms with Crippen molar-refractivity contribution >= 4 is 17.0 Å². The van der Waals surface area contributed by atoms with E-state index in [2.05, 4.69) is 46.4 Å². The number of benzene rings is 3. The Balaban J connectivity index is 1.19. The maximum absolute atomic E-state index is 7.21. The van der Waals surface area contributed by atoms with Crippen molar-refractivity contribution in [2.24, 2.45) is 0 Å². The summed E-state index contributed by atoms with van der Waals surface area (Å²) in [4.78, 5) is 13.6. The molecule has 5 aromatic rings. The molecule has 3 aromatic carbocycles. The van der Waals surface area contributed by atoms with Gasteiger partial charge in [-0.2, -0.15) is 4.98 Å². The molecule has 0 unspecified atom stereocenters. The number of rotatable bonds is 9. The smallest absolute Gasteiger partial charge is 0.301 e. The van der Waals surface area contributed by atoms with Gasteiger partial charge in [0.25, 0.3) is 0 Å². The van der Waals surface area contributed by atoms with Crippen LogP contribution in [0.1, 0.15) is 68.9 Å². The van der Waals surface area contributed by atoms with Gasteiger partial charge >= 0.3 is 6.01 Å². The second kappa shape index (κ2) is 12.6. The Bertz CT molecular complexity index is 1750. The van der Waals surface area contributed by atoms with Crippen molar-refractivity contribution in [2.75, 3.05) is 12.3 Å². The monoisotopic (exact) mass is 647 g/mol. The molecule has 3 aliphatic rings. The molecular formula is C38H41N5O5. The highest BCUT2D eigenvalue weighted by molar-refractivity contribution is 5.82. The van der Waals surface area contributed by atoms with Crippen molar-refractivity contribution in [3.05, 3.63) is 114 Å². The average molecular weight is 648 g/mol. The fourth-order valence-corrected chi connectivity index (χ4v) is 7.53. The summed E-state index contributed by atoms with van der Waals surface area (Å²) < 4.78 is 35.7. The maximum atomic E-state index is 7.21. The normalized spacial score (nSPS) is 24.1. The lowest BCUT2D eigenvalue weighted by Gasteiger charge is -2.37. The predicted octanol–water partition coefficient (Wildman–Crippen LogP) is 6.55. The minimum Gasteiger partial charge on any atom is -0.461 e. The van der Waals surface area contributed by atoms with Gasteiger partial charge in [-0.3, -0.25) is 0 Å². The number of anilines is 1. The minimum atomic E-state index is -0.922. The van der Waals surface area contributed by atoms with Gasteiger partial charge in [0.15, 0.2) is 29.0 Å². The first-order chi connectivity index (χ1) is 23.4. The van der Waals surface area contributed by atoms with Crippen LogP contribution in [0.15, 0.2) is 97.3 Å². The number of nitrogens with two attached hydrogens (primary N) is 1. The van der Waals surface area contributed by atoms with Crippen LogP contribution in [0.25, 0.3) is 11.2 Å². The minimum absolute atomic E-state index is 0.0419. The van der Waals surface area contributed by atoms with Crippen molar-refractivity contribution in [3.8, 4) is 6.01 Å². The van der Waals surface area contributed by atoms with Gasteiger partial charge in [0.1, 0.15) is 36.3 Å². The second-order valence-electron chi connectivity index (χ2n) is 13.3. The van der Waals surface area contributed by atoms with Crippen LogP contribution in [0, 0.1) is 0 Å². The van der Waals surface area contributed by atoms with Gasteiger partial charge in [-0.25, -0.2) is 14.5 Å². The molecule has 2 N–H and O–H groups in total. The molecule has 1 saturated carbocycles. The Morgan fingerprint density at radius 1 is 0.812 bits per heavy atom. The molecule has 0 bridgehead atoms. The number of imidazole rings is 1. The Morgan fingerprint density at radius 3 is 2.00 bits per heavy atom. The van der Waals surface area contributed by atoms with Crippen molar-refractivity contribution in [1.82, 2.24) is 19.5 Å². The summed E-state index contributed by atoms with van der Waals surface area (Å²) in [5.74, 6) is -0.566. The van der Waals surface area contributed by atoms with Crippen LogP contribution in [-0.4, -0.2) is 56.3 Å². The van der Waals surface area contributed by atoms with Gasteiger partial charge in [-0.1, -0.05) is 97.4 Å². The first-order valence-electron chi connectivity index (χ1n) is 16.9.